The Morgan fingerprint density at radius 1 is 1.26 bits per heavy atom. The molecule has 1 aliphatic heterocycles. The molecule has 0 bridgehead atoms. The first-order chi connectivity index (χ1) is 11.2. The van der Waals surface area contributed by atoms with Gasteiger partial charge in [-0.25, -0.2) is 4.98 Å². The summed E-state index contributed by atoms with van der Waals surface area (Å²) in [6, 6.07) is 0. The van der Waals surface area contributed by atoms with Crippen molar-refractivity contribution in [1.29, 1.82) is 0 Å². The van der Waals surface area contributed by atoms with E-state index in [0.29, 0.717) is 5.92 Å². The summed E-state index contributed by atoms with van der Waals surface area (Å²) in [4.78, 5) is 11.5. The Morgan fingerprint density at radius 2 is 2.00 bits per heavy atom. The van der Waals surface area contributed by atoms with Crippen LogP contribution in [0.15, 0.2) is 10.4 Å². The smallest absolute Gasteiger partial charge is 0.191 e. The molecule has 23 heavy (non-hydrogen) atoms. The van der Waals surface area contributed by atoms with Gasteiger partial charge in [0.05, 0.1) is 12.2 Å². The second-order valence-corrected chi connectivity index (χ2v) is 7.37. The Kier molecular flexibility index (Phi) is 7.82. The van der Waals surface area contributed by atoms with Crippen LogP contribution in [0.2, 0.25) is 0 Å². The van der Waals surface area contributed by atoms with Gasteiger partial charge in [-0.15, -0.1) is 11.3 Å². The minimum Gasteiger partial charge on any atom is -0.355 e. The molecule has 2 heterocycles. The molecule has 1 aromatic heterocycles. The summed E-state index contributed by atoms with van der Waals surface area (Å²) in [6.45, 7) is 9.60. The van der Waals surface area contributed by atoms with Crippen LogP contribution in [0.4, 0.5) is 0 Å². The highest BCUT2D eigenvalue weighted by atomic mass is 32.1. The van der Waals surface area contributed by atoms with Gasteiger partial charge in [0.1, 0.15) is 5.01 Å². The summed E-state index contributed by atoms with van der Waals surface area (Å²) < 4.78 is 0. The van der Waals surface area contributed by atoms with E-state index in [1.54, 1.807) is 11.3 Å². The van der Waals surface area contributed by atoms with Crippen LogP contribution in [-0.2, 0) is 6.54 Å². The number of thiazole rings is 1. The molecular formula is C17H31N5S. The molecular weight excluding hydrogens is 306 g/mol. The number of hydrogen-bond acceptors (Lipinski definition) is 4. The van der Waals surface area contributed by atoms with E-state index in [2.05, 4.69) is 44.7 Å². The van der Waals surface area contributed by atoms with Gasteiger partial charge in [0.2, 0.25) is 0 Å². The molecule has 6 heteroatoms. The van der Waals surface area contributed by atoms with Crippen LogP contribution in [-0.4, -0.2) is 49.1 Å². The maximum atomic E-state index is 4.65. The molecule has 0 aromatic carbocycles. The van der Waals surface area contributed by atoms with Crippen LogP contribution in [0.5, 0.6) is 0 Å². The minimum absolute atomic E-state index is 0.492. The van der Waals surface area contributed by atoms with Crippen molar-refractivity contribution in [3.8, 4) is 0 Å². The van der Waals surface area contributed by atoms with E-state index in [1.807, 2.05) is 7.05 Å². The Hall–Kier alpha value is -1.14. The van der Waals surface area contributed by atoms with Crippen molar-refractivity contribution in [3.05, 3.63) is 16.1 Å². The number of likely N-dealkylation sites (tertiary alicyclic amines) is 1. The van der Waals surface area contributed by atoms with E-state index in [1.165, 1.54) is 44.5 Å². The molecule has 2 rings (SSSR count). The Bertz CT molecular complexity index is 475. The van der Waals surface area contributed by atoms with Crippen LogP contribution in [0.3, 0.4) is 0 Å². The standard InChI is InChI=1S/C17H31N5S/c1-14(2)15-13-23-16(21-15)12-20-17(18-3)19-8-11-22-9-6-4-5-7-10-22/h13-14H,4-12H2,1-3H3,(H2,18,19,20). The van der Waals surface area contributed by atoms with Gasteiger partial charge in [-0.05, 0) is 31.8 Å². The highest BCUT2D eigenvalue weighted by Gasteiger charge is 2.09. The number of nitrogens with zero attached hydrogens (tertiary/aromatic N) is 3. The van der Waals surface area contributed by atoms with Gasteiger partial charge >= 0.3 is 0 Å². The summed E-state index contributed by atoms with van der Waals surface area (Å²) in [5, 5.41) is 10.0. The molecule has 130 valence electrons. The zero-order chi connectivity index (χ0) is 16.5. The van der Waals surface area contributed by atoms with Crippen molar-refractivity contribution in [3.63, 3.8) is 0 Å². The Morgan fingerprint density at radius 3 is 2.61 bits per heavy atom. The fraction of sp³-hybridized carbons (Fsp3) is 0.765. The average Bonchev–Trinajstić information content (AvgIpc) is 2.87. The third kappa shape index (κ3) is 6.47. The number of aliphatic imine (C=N–C) groups is 1. The lowest BCUT2D eigenvalue weighted by atomic mass is 10.2. The molecule has 1 fully saturated rings. The average molecular weight is 338 g/mol. The van der Waals surface area contributed by atoms with Crippen molar-refractivity contribution in [1.82, 2.24) is 20.5 Å². The van der Waals surface area contributed by atoms with Gasteiger partial charge in [-0.1, -0.05) is 26.7 Å². The second kappa shape index (κ2) is 9.88. The summed E-state index contributed by atoms with van der Waals surface area (Å²) in [5.41, 5.74) is 1.18. The molecule has 0 unspecified atom stereocenters. The lowest BCUT2D eigenvalue weighted by molar-refractivity contribution is 0.289. The molecule has 1 aliphatic rings. The molecule has 2 N–H and O–H groups in total. The third-order valence-electron chi connectivity index (χ3n) is 4.21. The van der Waals surface area contributed by atoms with Gasteiger partial charge in [0.25, 0.3) is 0 Å². The number of aromatic nitrogens is 1. The van der Waals surface area contributed by atoms with E-state index >= 15 is 0 Å². The molecule has 1 saturated heterocycles. The zero-order valence-corrected chi connectivity index (χ0v) is 15.6. The third-order valence-corrected chi connectivity index (χ3v) is 5.08. The maximum Gasteiger partial charge on any atom is 0.191 e. The predicted molar refractivity (Wildman–Crippen MR) is 99.3 cm³/mol. The molecule has 1 aromatic rings. The van der Waals surface area contributed by atoms with Crippen molar-refractivity contribution in [2.75, 3.05) is 33.2 Å². The predicted octanol–water partition coefficient (Wildman–Crippen LogP) is 2.81. The van der Waals surface area contributed by atoms with Crippen molar-refractivity contribution in [2.45, 2.75) is 52.0 Å². The van der Waals surface area contributed by atoms with Crippen LogP contribution < -0.4 is 10.6 Å². The van der Waals surface area contributed by atoms with Crippen LogP contribution in [0, 0.1) is 0 Å². The normalized spacial score (nSPS) is 17.3. The van der Waals surface area contributed by atoms with Crippen molar-refractivity contribution in [2.24, 2.45) is 4.99 Å². The van der Waals surface area contributed by atoms with Gasteiger partial charge in [-0.3, -0.25) is 4.99 Å². The molecule has 0 saturated carbocycles. The number of guanidine groups is 1. The van der Waals surface area contributed by atoms with Crippen LogP contribution in [0.1, 0.15) is 56.2 Å². The molecule has 0 aliphatic carbocycles. The number of rotatable bonds is 6. The Balaban J connectivity index is 1.68. The highest BCUT2D eigenvalue weighted by molar-refractivity contribution is 7.09. The first kappa shape index (κ1) is 18.2. The summed E-state index contributed by atoms with van der Waals surface area (Å²) in [6.07, 6.45) is 5.46. The van der Waals surface area contributed by atoms with Gasteiger partial charge in [0, 0.05) is 25.5 Å². The molecule has 0 radical (unpaired) electrons. The fourth-order valence-corrected chi connectivity index (χ4v) is 3.64. The number of hydrogen-bond donors (Lipinski definition) is 2. The van der Waals surface area contributed by atoms with E-state index < -0.39 is 0 Å². The molecule has 0 atom stereocenters. The maximum absolute atomic E-state index is 4.65. The highest BCUT2D eigenvalue weighted by Crippen LogP contribution is 2.17. The number of nitrogens with one attached hydrogen (secondary N) is 2. The SMILES string of the molecule is CN=C(NCCN1CCCCCC1)NCc1nc(C(C)C)cs1. The van der Waals surface area contributed by atoms with E-state index in [9.17, 15) is 0 Å². The minimum atomic E-state index is 0.492. The molecule has 0 amide bonds. The molecule has 5 nitrogen and oxygen atoms in total. The van der Waals surface area contributed by atoms with Crippen LogP contribution >= 0.6 is 11.3 Å². The quantitative estimate of drug-likeness (QED) is 0.619. The van der Waals surface area contributed by atoms with E-state index in [-0.39, 0.29) is 0 Å². The first-order valence-electron chi connectivity index (χ1n) is 8.80. The lowest BCUT2D eigenvalue weighted by Gasteiger charge is -2.20. The summed E-state index contributed by atoms with van der Waals surface area (Å²) in [7, 11) is 1.82. The van der Waals surface area contributed by atoms with Gasteiger partial charge in [-0.2, -0.15) is 0 Å². The van der Waals surface area contributed by atoms with Crippen molar-refractivity contribution < 1.29 is 0 Å². The fourth-order valence-electron chi connectivity index (χ4n) is 2.74. The van der Waals surface area contributed by atoms with Gasteiger partial charge < -0.3 is 15.5 Å². The zero-order valence-electron chi connectivity index (χ0n) is 14.8. The Labute approximate surface area is 144 Å². The van der Waals surface area contributed by atoms with E-state index in [4.69, 9.17) is 0 Å². The monoisotopic (exact) mass is 337 g/mol. The molecule has 0 spiro atoms. The second-order valence-electron chi connectivity index (χ2n) is 6.43. The lowest BCUT2D eigenvalue weighted by Crippen LogP contribution is -2.41. The summed E-state index contributed by atoms with van der Waals surface area (Å²) >= 11 is 1.71. The topological polar surface area (TPSA) is 52.6 Å². The van der Waals surface area contributed by atoms with Gasteiger partial charge in [0.15, 0.2) is 5.96 Å². The van der Waals surface area contributed by atoms with Crippen LogP contribution in [0.25, 0.3) is 0 Å². The van der Waals surface area contributed by atoms with E-state index in [0.717, 1.165) is 30.6 Å². The van der Waals surface area contributed by atoms with Crippen molar-refractivity contribution >= 4 is 17.3 Å². The summed E-state index contributed by atoms with van der Waals surface area (Å²) in [5.74, 6) is 1.35. The first-order valence-corrected chi connectivity index (χ1v) is 9.68. The largest absolute Gasteiger partial charge is 0.355 e.